The van der Waals surface area contributed by atoms with Gasteiger partial charge in [0.2, 0.25) is 0 Å². The van der Waals surface area contributed by atoms with Gasteiger partial charge in [-0.2, -0.15) is 0 Å². The molecule has 0 N–H and O–H groups in total. The zero-order chi connectivity index (χ0) is 27.4. The molecule has 0 spiro atoms. The molecule has 0 fully saturated rings. The Balaban J connectivity index is 1.72. The van der Waals surface area contributed by atoms with Gasteiger partial charge in [0.1, 0.15) is 23.0 Å². The highest BCUT2D eigenvalue weighted by molar-refractivity contribution is 5.82. The van der Waals surface area contributed by atoms with Gasteiger partial charge in [0.15, 0.2) is 11.7 Å². The topological polar surface area (TPSA) is 60.2 Å². The monoisotopic (exact) mass is 518 g/mol. The fourth-order valence-corrected chi connectivity index (χ4v) is 4.73. The van der Waals surface area contributed by atoms with E-state index in [1.54, 1.807) is 17.9 Å². The average molecular weight is 519 g/mol. The quantitative estimate of drug-likeness (QED) is 0.184. The summed E-state index contributed by atoms with van der Waals surface area (Å²) < 4.78 is 36.3. The van der Waals surface area contributed by atoms with E-state index in [1.807, 2.05) is 44.2 Å². The molecule has 0 aliphatic rings. The van der Waals surface area contributed by atoms with E-state index in [1.165, 1.54) is 0 Å². The van der Waals surface area contributed by atoms with Crippen LogP contribution in [0.5, 0.6) is 0 Å². The molecule has 38 heavy (non-hydrogen) atoms. The maximum Gasteiger partial charge on any atom is 0.333 e. The molecule has 4 aromatic rings. The average Bonchev–Trinajstić information content (AvgIpc) is 3.24. The lowest BCUT2D eigenvalue weighted by Gasteiger charge is -2.32. The summed E-state index contributed by atoms with van der Waals surface area (Å²) in [5.74, 6) is -1.05. The maximum absolute atomic E-state index is 14.8. The fourth-order valence-electron chi connectivity index (χ4n) is 4.73. The van der Waals surface area contributed by atoms with Crippen molar-refractivity contribution >= 4 is 22.8 Å². The lowest BCUT2D eigenvalue weighted by Crippen LogP contribution is -2.36. The van der Waals surface area contributed by atoms with Crippen LogP contribution >= 0.6 is 0 Å². The van der Waals surface area contributed by atoms with Crippen LogP contribution in [0.4, 0.5) is 14.5 Å². The number of carbonyl (C=O) groups is 1. The number of ether oxygens (including phenoxy) is 1. The van der Waals surface area contributed by atoms with E-state index in [2.05, 4.69) is 18.1 Å². The van der Waals surface area contributed by atoms with Crippen molar-refractivity contribution in [3.8, 4) is 0 Å². The highest BCUT2D eigenvalue weighted by atomic mass is 19.1. The van der Waals surface area contributed by atoms with Gasteiger partial charge in [-0.3, -0.25) is 0 Å². The summed E-state index contributed by atoms with van der Waals surface area (Å²) in [5, 5.41) is 0. The van der Waals surface area contributed by atoms with Crippen molar-refractivity contribution in [3.63, 3.8) is 0 Å². The number of aromatic nitrogens is 3. The highest BCUT2D eigenvalue weighted by Crippen LogP contribution is 2.31. The van der Waals surface area contributed by atoms with Gasteiger partial charge in [0.25, 0.3) is 0 Å². The molecule has 2 heterocycles. The number of pyridine rings is 1. The second kappa shape index (κ2) is 11.5. The van der Waals surface area contributed by atoms with Crippen molar-refractivity contribution in [2.75, 3.05) is 18.1 Å². The molecule has 6 nitrogen and oxygen atoms in total. The third-order valence-electron chi connectivity index (χ3n) is 6.43. The lowest BCUT2D eigenvalue weighted by molar-refractivity contribution is -0.145. The largest absolute Gasteiger partial charge is 0.464 e. The molecule has 2 aromatic heterocycles. The smallest absolute Gasteiger partial charge is 0.333 e. The van der Waals surface area contributed by atoms with Crippen LogP contribution in [0.25, 0.3) is 11.2 Å². The molecule has 8 heteroatoms. The number of benzene rings is 2. The minimum absolute atomic E-state index is 0.0938. The summed E-state index contributed by atoms with van der Waals surface area (Å²) in [6.07, 6.45) is 2.37. The third-order valence-corrected chi connectivity index (χ3v) is 6.43. The summed E-state index contributed by atoms with van der Waals surface area (Å²) >= 11 is 0. The van der Waals surface area contributed by atoms with Gasteiger partial charge >= 0.3 is 5.97 Å². The van der Waals surface area contributed by atoms with E-state index in [-0.39, 0.29) is 18.7 Å². The van der Waals surface area contributed by atoms with Gasteiger partial charge < -0.3 is 14.2 Å². The number of esters is 1. The van der Waals surface area contributed by atoms with Crippen LogP contribution < -0.4 is 4.90 Å². The van der Waals surface area contributed by atoms with E-state index in [4.69, 9.17) is 14.7 Å². The number of aryl methyl sites for hydroxylation is 3. The van der Waals surface area contributed by atoms with Crippen molar-refractivity contribution in [3.05, 3.63) is 101 Å². The fraction of sp³-hybridized carbons (Fsp3) is 0.300. The van der Waals surface area contributed by atoms with Gasteiger partial charge in [-0.15, -0.1) is 6.58 Å². The minimum atomic E-state index is -1.19. The van der Waals surface area contributed by atoms with Gasteiger partial charge in [-0.1, -0.05) is 25.1 Å². The van der Waals surface area contributed by atoms with Crippen molar-refractivity contribution in [2.24, 2.45) is 0 Å². The summed E-state index contributed by atoms with van der Waals surface area (Å²) in [6.45, 7) is 12.4. The number of hydrogen-bond acceptors (Lipinski definition) is 5. The second-order valence-corrected chi connectivity index (χ2v) is 9.15. The zero-order valence-corrected chi connectivity index (χ0v) is 22.2. The highest BCUT2D eigenvalue weighted by Gasteiger charge is 2.32. The van der Waals surface area contributed by atoms with Crippen LogP contribution in [-0.2, 0) is 22.5 Å². The third kappa shape index (κ3) is 5.44. The Morgan fingerprint density at radius 2 is 1.84 bits per heavy atom. The molecule has 0 radical (unpaired) electrons. The van der Waals surface area contributed by atoms with Crippen LogP contribution in [0.1, 0.15) is 48.1 Å². The Kier molecular flexibility index (Phi) is 8.20. The van der Waals surface area contributed by atoms with E-state index < -0.39 is 23.6 Å². The number of hydrogen-bond donors (Lipinski definition) is 0. The summed E-state index contributed by atoms with van der Waals surface area (Å²) in [7, 11) is 0. The van der Waals surface area contributed by atoms with Crippen LogP contribution in [-0.4, -0.2) is 33.7 Å². The van der Waals surface area contributed by atoms with Gasteiger partial charge in [0.05, 0.1) is 13.2 Å². The summed E-state index contributed by atoms with van der Waals surface area (Å²) in [5.41, 5.74) is 5.33. The number of carbonyl (C=O) groups excluding carboxylic acids is 1. The Bertz CT molecular complexity index is 1460. The van der Waals surface area contributed by atoms with E-state index in [0.717, 1.165) is 58.4 Å². The van der Waals surface area contributed by atoms with E-state index in [0.29, 0.717) is 12.2 Å². The molecular weight excluding hydrogens is 486 g/mol. The van der Waals surface area contributed by atoms with Crippen molar-refractivity contribution in [1.82, 2.24) is 14.5 Å². The number of halogens is 2. The number of nitrogens with zero attached hydrogens (tertiary/aromatic N) is 4. The first-order valence-corrected chi connectivity index (χ1v) is 12.7. The lowest BCUT2D eigenvalue weighted by atomic mass is 10.0. The standard InChI is InChI=1S/C30H32F2N4O2/c1-6-15-35(28(30(37)38-8-3)24-17-22(31)11-14-25(24)32)23-12-9-21(10-13-23)18-36-26(7-2)34-27-19(4)16-20(5)33-29(27)36/h6,9-14,16-17,28H,1,7-8,15,18H2,2-5H3. The molecular formula is C30H32F2N4O2. The normalized spacial score (nSPS) is 11.9. The molecule has 0 saturated carbocycles. The number of imidazole rings is 1. The molecule has 0 amide bonds. The summed E-state index contributed by atoms with van der Waals surface area (Å²) in [6, 6.07) is 11.5. The van der Waals surface area contributed by atoms with Gasteiger partial charge in [-0.25, -0.2) is 23.5 Å². The molecule has 1 atom stereocenters. The van der Waals surface area contributed by atoms with Gasteiger partial charge in [0, 0.05) is 29.9 Å². The van der Waals surface area contributed by atoms with Crippen LogP contribution in [0.15, 0.2) is 61.2 Å². The van der Waals surface area contributed by atoms with Gasteiger partial charge in [-0.05, 0) is 68.3 Å². The Morgan fingerprint density at radius 3 is 2.50 bits per heavy atom. The Hall–Kier alpha value is -4.07. The molecule has 0 aliphatic carbocycles. The zero-order valence-electron chi connectivity index (χ0n) is 22.2. The first-order valence-electron chi connectivity index (χ1n) is 12.7. The molecule has 0 saturated heterocycles. The SMILES string of the molecule is C=CCN(c1ccc(Cn2c(CC)nc3c(C)cc(C)nc32)cc1)C(C(=O)OCC)c1cc(F)ccc1F. The first-order chi connectivity index (χ1) is 18.3. The van der Waals surface area contributed by atoms with Crippen molar-refractivity contribution < 1.29 is 18.3 Å². The summed E-state index contributed by atoms with van der Waals surface area (Å²) in [4.78, 5) is 24.2. The van der Waals surface area contributed by atoms with Crippen LogP contribution in [0, 0.1) is 25.5 Å². The number of anilines is 1. The molecule has 198 valence electrons. The van der Waals surface area contributed by atoms with Crippen LogP contribution in [0.3, 0.4) is 0 Å². The maximum atomic E-state index is 14.8. The van der Waals surface area contributed by atoms with Crippen LogP contribution in [0.2, 0.25) is 0 Å². The predicted octanol–water partition coefficient (Wildman–Crippen LogP) is 6.23. The molecule has 1 unspecified atom stereocenters. The number of fused-ring (bicyclic) bond motifs is 1. The number of rotatable bonds is 10. The molecule has 2 aromatic carbocycles. The first kappa shape index (κ1) is 27.0. The molecule has 4 rings (SSSR count). The minimum Gasteiger partial charge on any atom is -0.464 e. The molecule has 0 aliphatic heterocycles. The Morgan fingerprint density at radius 1 is 1.11 bits per heavy atom. The van der Waals surface area contributed by atoms with Crippen molar-refractivity contribution in [2.45, 2.75) is 46.7 Å². The van der Waals surface area contributed by atoms with E-state index in [9.17, 15) is 13.6 Å². The second-order valence-electron chi connectivity index (χ2n) is 9.15. The van der Waals surface area contributed by atoms with E-state index >= 15 is 0 Å². The van der Waals surface area contributed by atoms with Crippen molar-refractivity contribution in [1.29, 1.82) is 0 Å². The molecule has 0 bridgehead atoms. The Labute approximate surface area is 221 Å². The predicted molar refractivity (Wildman–Crippen MR) is 145 cm³/mol.